The van der Waals surface area contributed by atoms with Crippen molar-refractivity contribution < 1.29 is 42.2 Å². The highest BCUT2D eigenvalue weighted by molar-refractivity contribution is 7.80. The van der Waals surface area contributed by atoms with Crippen LogP contribution in [0.5, 0.6) is 0 Å². The lowest BCUT2D eigenvalue weighted by Crippen LogP contribution is -2.21. The monoisotopic (exact) mass is 447 g/mol. The topological polar surface area (TPSA) is 144 Å². The zero-order valence-corrected chi connectivity index (χ0v) is 18.5. The van der Waals surface area contributed by atoms with Crippen LogP contribution in [0.3, 0.4) is 0 Å². The molecule has 0 unspecified atom stereocenters. The second-order valence-electron chi connectivity index (χ2n) is 6.34. The molecule has 0 aromatic carbocycles. The molecule has 0 radical (unpaired) electrons. The molecule has 10 nitrogen and oxygen atoms in total. The van der Waals surface area contributed by atoms with Crippen LogP contribution in [-0.2, 0) is 29.4 Å². The molecule has 0 atom stereocenters. The van der Waals surface area contributed by atoms with E-state index in [9.17, 15) is 8.42 Å². The third-order valence-corrected chi connectivity index (χ3v) is 4.12. The molecule has 29 heavy (non-hydrogen) atoms. The Balaban J connectivity index is 0. The van der Waals surface area contributed by atoms with E-state index >= 15 is 0 Å². The van der Waals surface area contributed by atoms with Crippen LogP contribution in [0.15, 0.2) is 0 Å². The van der Waals surface area contributed by atoms with Crippen molar-refractivity contribution >= 4 is 10.4 Å². The SMILES string of the molecule is CCCCCCCCCCCCOOOCCOS(=O)(=O)O.OCCNCCO. The molecule has 4 N–H and O–H groups in total. The van der Waals surface area contributed by atoms with Gasteiger partial charge in [-0.1, -0.05) is 69.7 Å². The van der Waals surface area contributed by atoms with Crippen LogP contribution >= 0.6 is 0 Å². The lowest BCUT2D eigenvalue weighted by molar-refractivity contribution is -0.513. The zero-order valence-electron chi connectivity index (χ0n) is 17.7. The average molecular weight is 448 g/mol. The Bertz CT molecular complexity index is 393. The van der Waals surface area contributed by atoms with Gasteiger partial charge in [0.25, 0.3) is 0 Å². The van der Waals surface area contributed by atoms with Gasteiger partial charge >= 0.3 is 10.4 Å². The largest absolute Gasteiger partial charge is 0.397 e. The predicted octanol–water partition coefficient (Wildman–Crippen LogP) is 2.17. The summed E-state index contributed by atoms with van der Waals surface area (Å²) in [5.41, 5.74) is 0. The van der Waals surface area contributed by atoms with Crippen molar-refractivity contribution in [1.29, 1.82) is 0 Å². The third-order valence-electron chi connectivity index (χ3n) is 3.65. The molecule has 0 aromatic rings. The van der Waals surface area contributed by atoms with Crippen molar-refractivity contribution in [2.45, 2.75) is 71.1 Å². The van der Waals surface area contributed by atoms with Gasteiger partial charge in [0.2, 0.25) is 0 Å². The first kappa shape index (κ1) is 30.8. The standard InChI is InChI=1S/C14H30O7S.C4H11NO2/c1-2-3-4-5-6-7-8-9-10-11-12-18-21-19-13-14-20-22(15,16)17;6-3-1-5-2-4-7/h2-14H2,1H3,(H,15,16,17);5-7H,1-4H2. The highest BCUT2D eigenvalue weighted by Gasteiger charge is 2.03. The molecule has 0 spiro atoms. The van der Waals surface area contributed by atoms with Crippen LogP contribution in [0.1, 0.15) is 71.1 Å². The van der Waals surface area contributed by atoms with Gasteiger partial charge in [-0.3, -0.25) is 4.55 Å². The molecule has 0 aromatic heterocycles. The second kappa shape index (κ2) is 25.7. The van der Waals surface area contributed by atoms with Crippen molar-refractivity contribution in [2.24, 2.45) is 0 Å². The van der Waals surface area contributed by atoms with E-state index in [4.69, 9.17) is 19.7 Å². The van der Waals surface area contributed by atoms with E-state index in [-0.39, 0.29) is 26.4 Å². The lowest BCUT2D eigenvalue weighted by atomic mass is 10.1. The van der Waals surface area contributed by atoms with E-state index in [1.807, 2.05) is 0 Å². The van der Waals surface area contributed by atoms with Gasteiger partial charge in [-0.25, -0.2) is 14.0 Å². The molecule has 0 aliphatic carbocycles. The summed E-state index contributed by atoms with van der Waals surface area (Å²) in [6.45, 7) is 3.58. The first-order valence-corrected chi connectivity index (χ1v) is 11.8. The van der Waals surface area contributed by atoms with E-state index in [1.54, 1.807) is 0 Å². The fraction of sp³-hybridized carbons (Fsp3) is 1.00. The summed E-state index contributed by atoms with van der Waals surface area (Å²) in [4.78, 5) is 9.25. The molecule has 178 valence electrons. The van der Waals surface area contributed by atoms with Crippen molar-refractivity contribution in [2.75, 3.05) is 46.1 Å². The van der Waals surface area contributed by atoms with Gasteiger partial charge in [0.05, 0.1) is 26.4 Å². The van der Waals surface area contributed by atoms with Gasteiger partial charge < -0.3 is 15.5 Å². The molecule has 0 saturated carbocycles. The molecule has 0 amide bonds. The van der Waals surface area contributed by atoms with E-state index in [0.717, 1.165) is 12.8 Å². The Labute approximate surface area is 175 Å². The van der Waals surface area contributed by atoms with Crippen LogP contribution in [-0.4, -0.2) is 69.3 Å². The van der Waals surface area contributed by atoms with E-state index < -0.39 is 10.4 Å². The summed E-state index contributed by atoms with van der Waals surface area (Å²) in [5.74, 6) is 0. The summed E-state index contributed by atoms with van der Waals surface area (Å²) in [7, 11) is -4.42. The molecule has 0 rings (SSSR count). The molecular weight excluding hydrogens is 406 g/mol. The number of hydrogen-bond acceptors (Lipinski definition) is 9. The molecule has 0 heterocycles. The molecule has 0 aliphatic heterocycles. The maximum atomic E-state index is 10.2. The molecule has 0 aliphatic rings. The van der Waals surface area contributed by atoms with Gasteiger partial charge in [0.15, 0.2) is 0 Å². The summed E-state index contributed by atoms with van der Waals surface area (Å²) >= 11 is 0. The normalized spacial score (nSPS) is 11.3. The lowest BCUT2D eigenvalue weighted by Gasteiger charge is -2.04. The molecule has 0 saturated heterocycles. The number of nitrogens with one attached hydrogen (secondary N) is 1. The van der Waals surface area contributed by atoms with Gasteiger partial charge in [-0.15, -0.1) is 0 Å². The van der Waals surface area contributed by atoms with Crippen LogP contribution in [0.4, 0.5) is 0 Å². The Morgan fingerprint density at radius 1 is 0.724 bits per heavy atom. The highest BCUT2D eigenvalue weighted by atomic mass is 32.3. The van der Waals surface area contributed by atoms with E-state index in [2.05, 4.69) is 26.3 Å². The number of unbranched alkanes of at least 4 members (excludes halogenated alkanes) is 9. The minimum absolute atomic E-state index is 0.139. The van der Waals surface area contributed by atoms with Gasteiger partial charge in [-0.2, -0.15) is 8.42 Å². The number of aliphatic hydroxyl groups excluding tert-OH is 2. The Hall–Kier alpha value is -0.370. The maximum absolute atomic E-state index is 10.2. The molecule has 0 fully saturated rings. The summed E-state index contributed by atoms with van der Waals surface area (Å²) in [6.07, 6.45) is 12.4. The summed E-state index contributed by atoms with van der Waals surface area (Å²) in [6, 6.07) is 0. The quantitative estimate of drug-likeness (QED) is 0.0894. The molecular formula is C18H41NO9S. The van der Waals surface area contributed by atoms with Gasteiger partial charge in [0.1, 0.15) is 6.61 Å². The Kier molecular flexibility index (Phi) is 27.3. The van der Waals surface area contributed by atoms with Crippen LogP contribution < -0.4 is 5.32 Å². The average Bonchev–Trinajstić information content (AvgIpc) is 2.68. The van der Waals surface area contributed by atoms with Crippen molar-refractivity contribution in [1.82, 2.24) is 5.32 Å². The second-order valence-corrected chi connectivity index (χ2v) is 7.43. The van der Waals surface area contributed by atoms with Crippen LogP contribution in [0, 0.1) is 0 Å². The van der Waals surface area contributed by atoms with Crippen LogP contribution in [0.2, 0.25) is 0 Å². The molecule has 11 heteroatoms. The molecule has 0 bridgehead atoms. The fourth-order valence-electron chi connectivity index (χ4n) is 2.21. The maximum Gasteiger partial charge on any atom is 0.397 e. The Morgan fingerprint density at radius 2 is 1.21 bits per heavy atom. The number of aliphatic hydroxyl groups is 2. The number of rotatable bonds is 21. The fourth-order valence-corrected chi connectivity index (χ4v) is 2.49. The zero-order chi connectivity index (χ0) is 22.1. The summed E-state index contributed by atoms with van der Waals surface area (Å²) < 4.78 is 32.6. The van der Waals surface area contributed by atoms with Crippen molar-refractivity contribution in [3.8, 4) is 0 Å². The summed E-state index contributed by atoms with van der Waals surface area (Å²) in [5, 5.41) is 23.5. The Morgan fingerprint density at radius 3 is 1.69 bits per heavy atom. The van der Waals surface area contributed by atoms with Gasteiger partial charge in [0, 0.05) is 13.1 Å². The van der Waals surface area contributed by atoms with Gasteiger partial charge in [-0.05, 0) is 6.42 Å². The van der Waals surface area contributed by atoms with Crippen LogP contribution in [0.25, 0.3) is 0 Å². The third kappa shape index (κ3) is 35.4. The van der Waals surface area contributed by atoms with E-state index in [0.29, 0.717) is 19.7 Å². The highest BCUT2D eigenvalue weighted by Crippen LogP contribution is 2.10. The minimum Gasteiger partial charge on any atom is -0.395 e. The minimum atomic E-state index is -4.42. The smallest absolute Gasteiger partial charge is 0.395 e. The van der Waals surface area contributed by atoms with Crippen molar-refractivity contribution in [3.63, 3.8) is 0 Å². The number of hydrogen-bond donors (Lipinski definition) is 4. The van der Waals surface area contributed by atoms with Crippen molar-refractivity contribution in [3.05, 3.63) is 0 Å². The van der Waals surface area contributed by atoms with E-state index in [1.165, 1.54) is 51.4 Å². The first-order chi connectivity index (χ1) is 14.0. The first-order valence-electron chi connectivity index (χ1n) is 10.4. The predicted molar refractivity (Wildman–Crippen MR) is 109 cm³/mol.